The quantitative estimate of drug-likeness (QED) is 0.350. The molecule has 0 saturated carbocycles. The molecular weight excluding hydrogens is 476 g/mol. The van der Waals surface area contributed by atoms with Crippen LogP contribution in [0.2, 0.25) is 5.02 Å². The molecule has 0 atom stereocenters. The third kappa shape index (κ3) is 4.55. The van der Waals surface area contributed by atoms with Crippen molar-refractivity contribution in [3.8, 4) is 17.1 Å². The number of anilines is 1. The van der Waals surface area contributed by atoms with Gasteiger partial charge in [-0.05, 0) is 67.8 Å². The highest BCUT2D eigenvalue weighted by molar-refractivity contribution is 9.10. The van der Waals surface area contributed by atoms with Crippen molar-refractivity contribution in [2.24, 2.45) is 0 Å². The molecule has 0 aliphatic heterocycles. The van der Waals surface area contributed by atoms with Crippen molar-refractivity contribution in [2.45, 2.75) is 20.8 Å². The van der Waals surface area contributed by atoms with E-state index in [0.717, 1.165) is 38.1 Å². The van der Waals surface area contributed by atoms with Gasteiger partial charge >= 0.3 is 0 Å². The Morgan fingerprint density at radius 1 is 0.968 bits per heavy atom. The highest BCUT2D eigenvalue weighted by Gasteiger charge is 2.20. The molecule has 0 spiro atoms. The summed E-state index contributed by atoms with van der Waals surface area (Å²) < 4.78 is 2.60. The number of nitrogens with zero attached hydrogens (tertiary/aromatic N) is 3. The molecule has 0 bridgehead atoms. The molecule has 0 fully saturated rings. The standard InChI is InChI=1S/C24H20BrClN4O/c1-14-4-5-16(3)21(12-14)27-24(31)22-28-23(17-7-9-18(25)10-8-17)30(29-22)19-11-6-15(2)20(26)13-19/h4-13H,1-3H3,(H,27,31). The molecule has 0 aliphatic rings. The van der Waals surface area contributed by atoms with Gasteiger partial charge in [0.25, 0.3) is 5.91 Å². The Hall–Kier alpha value is -2.96. The molecule has 7 heteroatoms. The van der Waals surface area contributed by atoms with Crippen LogP contribution in [0.25, 0.3) is 17.1 Å². The number of benzene rings is 3. The van der Waals surface area contributed by atoms with Gasteiger partial charge in [0.1, 0.15) is 0 Å². The van der Waals surface area contributed by atoms with Crippen molar-refractivity contribution in [3.63, 3.8) is 0 Å². The lowest BCUT2D eigenvalue weighted by Gasteiger charge is -2.08. The van der Waals surface area contributed by atoms with Gasteiger partial charge in [0.15, 0.2) is 5.82 Å². The van der Waals surface area contributed by atoms with E-state index in [1.807, 2.05) is 81.4 Å². The summed E-state index contributed by atoms with van der Waals surface area (Å²) in [7, 11) is 0. The molecule has 4 rings (SSSR count). The zero-order valence-corrected chi connectivity index (χ0v) is 19.6. The van der Waals surface area contributed by atoms with Crippen molar-refractivity contribution >= 4 is 39.1 Å². The topological polar surface area (TPSA) is 59.8 Å². The van der Waals surface area contributed by atoms with E-state index in [2.05, 4.69) is 31.3 Å². The van der Waals surface area contributed by atoms with Gasteiger partial charge in [0, 0.05) is 20.7 Å². The van der Waals surface area contributed by atoms with Gasteiger partial charge in [-0.3, -0.25) is 4.79 Å². The minimum Gasteiger partial charge on any atom is -0.319 e. The van der Waals surface area contributed by atoms with E-state index in [-0.39, 0.29) is 11.7 Å². The monoisotopic (exact) mass is 494 g/mol. The molecule has 31 heavy (non-hydrogen) atoms. The normalized spacial score (nSPS) is 10.9. The van der Waals surface area contributed by atoms with Crippen LogP contribution in [-0.2, 0) is 0 Å². The number of halogens is 2. The molecule has 0 aliphatic carbocycles. The SMILES string of the molecule is Cc1ccc(C)c(NC(=O)c2nc(-c3ccc(Br)cc3)n(-c3ccc(C)c(Cl)c3)n2)c1. The summed E-state index contributed by atoms with van der Waals surface area (Å²) in [4.78, 5) is 17.6. The maximum atomic E-state index is 13.0. The summed E-state index contributed by atoms with van der Waals surface area (Å²) in [5.41, 5.74) is 5.29. The van der Waals surface area contributed by atoms with E-state index in [4.69, 9.17) is 11.6 Å². The first-order valence-corrected chi connectivity index (χ1v) is 10.9. The number of hydrogen-bond acceptors (Lipinski definition) is 3. The Balaban J connectivity index is 1.78. The molecule has 0 radical (unpaired) electrons. The number of carbonyl (C=O) groups is 1. The van der Waals surface area contributed by atoms with Crippen LogP contribution in [0, 0.1) is 20.8 Å². The van der Waals surface area contributed by atoms with Crippen LogP contribution in [-0.4, -0.2) is 20.7 Å². The second-order valence-electron chi connectivity index (χ2n) is 7.38. The number of aryl methyl sites for hydroxylation is 3. The molecule has 5 nitrogen and oxygen atoms in total. The van der Waals surface area contributed by atoms with Crippen LogP contribution < -0.4 is 5.32 Å². The van der Waals surface area contributed by atoms with Gasteiger partial charge in [-0.25, -0.2) is 9.67 Å². The third-order valence-corrected chi connectivity index (χ3v) is 5.89. The second-order valence-corrected chi connectivity index (χ2v) is 8.71. The zero-order chi connectivity index (χ0) is 22.1. The average Bonchev–Trinajstić information content (AvgIpc) is 3.19. The van der Waals surface area contributed by atoms with E-state index < -0.39 is 0 Å². The fraction of sp³-hybridized carbons (Fsp3) is 0.125. The van der Waals surface area contributed by atoms with Crippen molar-refractivity contribution in [1.82, 2.24) is 14.8 Å². The Bertz CT molecular complexity index is 1280. The molecule has 4 aromatic rings. The summed E-state index contributed by atoms with van der Waals surface area (Å²) in [6.45, 7) is 5.86. The maximum Gasteiger partial charge on any atom is 0.295 e. The summed E-state index contributed by atoms with van der Waals surface area (Å²) in [5, 5.41) is 8.07. The zero-order valence-electron chi connectivity index (χ0n) is 17.3. The summed E-state index contributed by atoms with van der Waals surface area (Å²) >= 11 is 9.80. The van der Waals surface area contributed by atoms with Crippen LogP contribution in [0.4, 0.5) is 5.69 Å². The average molecular weight is 496 g/mol. The molecule has 1 amide bonds. The van der Waals surface area contributed by atoms with Gasteiger partial charge in [0.05, 0.1) is 5.69 Å². The smallest absolute Gasteiger partial charge is 0.295 e. The fourth-order valence-electron chi connectivity index (χ4n) is 3.14. The first kappa shape index (κ1) is 21.3. The predicted octanol–water partition coefficient (Wildman–Crippen LogP) is 6.53. The Kier molecular flexibility index (Phi) is 5.94. The van der Waals surface area contributed by atoms with Crippen LogP contribution >= 0.6 is 27.5 Å². The number of rotatable bonds is 4. The highest BCUT2D eigenvalue weighted by Crippen LogP contribution is 2.26. The molecule has 1 N–H and O–H groups in total. The summed E-state index contributed by atoms with van der Waals surface area (Å²) in [6.07, 6.45) is 0. The van der Waals surface area contributed by atoms with Gasteiger partial charge < -0.3 is 5.32 Å². The van der Waals surface area contributed by atoms with E-state index in [1.165, 1.54) is 0 Å². The number of amides is 1. The van der Waals surface area contributed by atoms with Crippen molar-refractivity contribution < 1.29 is 4.79 Å². The number of nitrogens with one attached hydrogen (secondary N) is 1. The Morgan fingerprint density at radius 2 is 1.68 bits per heavy atom. The van der Waals surface area contributed by atoms with Crippen molar-refractivity contribution in [3.05, 3.63) is 92.7 Å². The van der Waals surface area contributed by atoms with Crippen molar-refractivity contribution in [1.29, 1.82) is 0 Å². The first-order valence-electron chi connectivity index (χ1n) is 9.70. The lowest BCUT2D eigenvalue weighted by molar-refractivity contribution is 0.101. The van der Waals surface area contributed by atoms with Crippen LogP contribution in [0.3, 0.4) is 0 Å². The minimum atomic E-state index is -0.371. The largest absolute Gasteiger partial charge is 0.319 e. The van der Waals surface area contributed by atoms with E-state index in [9.17, 15) is 4.79 Å². The lowest BCUT2D eigenvalue weighted by Crippen LogP contribution is -2.15. The third-order valence-electron chi connectivity index (χ3n) is 4.95. The van der Waals surface area contributed by atoms with Crippen LogP contribution in [0.1, 0.15) is 27.3 Å². The molecule has 0 saturated heterocycles. The van der Waals surface area contributed by atoms with Crippen LogP contribution in [0.15, 0.2) is 65.1 Å². The molecule has 156 valence electrons. The van der Waals surface area contributed by atoms with E-state index >= 15 is 0 Å². The molecule has 3 aromatic carbocycles. The molecule has 1 aromatic heterocycles. The molecule has 0 unspecified atom stereocenters. The number of aromatic nitrogens is 3. The Labute approximate surface area is 194 Å². The van der Waals surface area contributed by atoms with E-state index in [0.29, 0.717) is 10.8 Å². The molecule has 1 heterocycles. The van der Waals surface area contributed by atoms with Crippen LogP contribution in [0.5, 0.6) is 0 Å². The lowest BCUT2D eigenvalue weighted by atomic mass is 10.1. The summed E-state index contributed by atoms with van der Waals surface area (Å²) in [5.74, 6) is 0.262. The van der Waals surface area contributed by atoms with Gasteiger partial charge in [-0.1, -0.05) is 57.9 Å². The van der Waals surface area contributed by atoms with Gasteiger partial charge in [-0.2, -0.15) is 0 Å². The second kappa shape index (κ2) is 8.65. The maximum absolute atomic E-state index is 13.0. The molecular formula is C24H20BrClN4O. The highest BCUT2D eigenvalue weighted by atomic mass is 79.9. The fourth-order valence-corrected chi connectivity index (χ4v) is 3.58. The number of carbonyl (C=O) groups excluding carboxylic acids is 1. The predicted molar refractivity (Wildman–Crippen MR) is 128 cm³/mol. The van der Waals surface area contributed by atoms with Crippen molar-refractivity contribution in [2.75, 3.05) is 5.32 Å². The first-order chi connectivity index (χ1) is 14.8. The summed E-state index contributed by atoms with van der Waals surface area (Å²) in [6, 6.07) is 19.2. The number of hydrogen-bond donors (Lipinski definition) is 1. The minimum absolute atomic E-state index is 0.0792. The van der Waals surface area contributed by atoms with E-state index in [1.54, 1.807) is 4.68 Å². The van der Waals surface area contributed by atoms with Gasteiger partial charge in [0.2, 0.25) is 5.82 Å². The Morgan fingerprint density at radius 3 is 2.39 bits per heavy atom. The van der Waals surface area contributed by atoms with Gasteiger partial charge in [-0.15, -0.1) is 5.10 Å².